The van der Waals surface area contributed by atoms with E-state index in [4.69, 9.17) is 21.1 Å². The van der Waals surface area contributed by atoms with Gasteiger partial charge in [0.15, 0.2) is 6.10 Å². The zero-order valence-electron chi connectivity index (χ0n) is 14.6. The average Bonchev–Trinajstić information content (AvgIpc) is 2.63. The zero-order chi connectivity index (χ0) is 18.9. The van der Waals surface area contributed by atoms with Crippen molar-refractivity contribution in [2.75, 3.05) is 6.61 Å². The summed E-state index contributed by atoms with van der Waals surface area (Å²) in [5.41, 5.74) is 5.38. The van der Waals surface area contributed by atoms with Crippen LogP contribution in [0.4, 0.5) is 0 Å². The fraction of sp³-hybridized carbons (Fsp3) is 0.263. The standard InChI is InChI=1S/C19H21ClN2O4/c1-3-25-15-8-10-16(11-9-15)26-13(2)19(24)22-21-18(23)12-14-6-4-5-7-17(14)20/h4-11,13H,3,12H2,1-2H3,(H,21,23)(H,22,24)/t13-/m0/s1. The maximum atomic E-state index is 12.0. The molecule has 1 atom stereocenters. The Kier molecular flexibility index (Phi) is 7.29. The van der Waals surface area contributed by atoms with Gasteiger partial charge in [-0.3, -0.25) is 20.4 Å². The van der Waals surface area contributed by atoms with E-state index in [-0.39, 0.29) is 12.3 Å². The van der Waals surface area contributed by atoms with Crippen molar-refractivity contribution in [3.05, 3.63) is 59.1 Å². The van der Waals surface area contributed by atoms with Gasteiger partial charge in [0.25, 0.3) is 5.91 Å². The Morgan fingerprint density at radius 2 is 1.69 bits per heavy atom. The molecular formula is C19H21ClN2O4. The molecule has 0 fully saturated rings. The molecule has 26 heavy (non-hydrogen) atoms. The lowest BCUT2D eigenvalue weighted by atomic mass is 10.1. The van der Waals surface area contributed by atoms with E-state index in [9.17, 15) is 9.59 Å². The van der Waals surface area contributed by atoms with Crippen LogP contribution in [0.1, 0.15) is 19.4 Å². The van der Waals surface area contributed by atoms with E-state index < -0.39 is 12.0 Å². The third-order valence-electron chi connectivity index (χ3n) is 3.45. The van der Waals surface area contributed by atoms with Crippen LogP contribution in [0.25, 0.3) is 0 Å². The Morgan fingerprint density at radius 1 is 1.04 bits per heavy atom. The first-order valence-corrected chi connectivity index (χ1v) is 8.59. The minimum Gasteiger partial charge on any atom is -0.494 e. The summed E-state index contributed by atoms with van der Waals surface area (Å²) in [6.45, 7) is 4.07. The first-order chi connectivity index (χ1) is 12.5. The molecule has 0 spiro atoms. The highest BCUT2D eigenvalue weighted by Gasteiger charge is 2.16. The van der Waals surface area contributed by atoms with Crippen molar-refractivity contribution in [2.24, 2.45) is 0 Å². The molecule has 0 saturated heterocycles. The zero-order valence-corrected chi connectivity index (χ0v) is 15.4. The molecule has 0 bridgehead atoms. The van der Waals surface area contributed by atoms with Crippen LogP contribution < -0.4 is 20.3 Å². The van der Waals surface area contributed by atoms with Gasteiger partial charge in [0.1, 0.15) is 11.5 Å². The Balaban J connectivity index is 1.79. The Hall–Kier alpha value is -2.73. The quantitative estimate of drug-likeness (QED) is 0.728. The van der Waals surface area contributed by atoms with Crippen molar-refractivity contribution in [2.45, 2.75) is 26.4 Å². The van der Waals surface area contributed by atoms with E-state index >= 15 is 0 Å². The number of hydrazine groups is 1. The first kappa shape index (κ1) is 19.6. The largest absolute Gasteiger partial charge is 0.494 e. The minimum absolute atomic E-state index is 0.0636. The monoisotopic (exact) mass is 376 g/mol. The molecule has 0 aliphatic rings. The van der Waals surface area contributed by atoms with Crippen molar-refractivity contribution >= 4 is 23.4 Å². The van der Waals surface area contributed by atoms with Gasteiger partial charge in [0.2, 0.25) is 5.91 Å². The van der Waals surface area contributed by atoms with E-state index in [1.807, 2.05) is 6.92 Å². The Bertz CT molecular complexity index is 749. The highest BCUT2D eigenvalue weighted by Crippen LogP contribution is 2.18. The Labute approximate surface area is 157 Å². The summed E-state index contributed by atoms with van der Waals surface area (Å²) in [4.78, 5) is 23.9. The Morgan fingerprint density at radius 3 is 2.35 bits per heavy atom. The van der Waals surface area contributed by atoms with Gasteiger partial charge < -0.3 is 9.47 Å². The van der Waals surface area contributed by atoms with Crippen LogP contribution in [0.2, 0.25) is 5.02 Å². The molecule has 0 heterocycles. The predicted molar refractivity (Wildman–Crippen MR) is 99.1 cm³/mol. The maximum Gasteiger partial charge on any atom is 0.279 e. The van der Waals surface area contributed by atoms with E-state index in [2.05, 4.69) is 10.9 Å². The summed E-state index contributed by atoms with van der Waals surface area (Å²) < 4.78 is 10.9. The van der Waals surface area contributed by atoms with Crippen molar-refractivity contribution in [1.82, 2.24) is 10.9 Å². The number of rotatable bonds is 7. The van der Waals surface area contributed by atoms with Gasteiger partial charge in [-0.1, -0.05) is 29.8 Å². The molecule has 0 unspecified atom stereocenters. The summed E-state index contributed by atoms with van der Waals surface area (Å²) in [5, 5.41) is 0.501. The third-order valence-corrected chi connectivity index (χ3v) is 3.82. The number of nitrogens with one attached hydrogen (secondary N) is 2. The fourth-order valence-electron chi connectivity index (χ4n) is 2.13. The number of benzene rings is 2. The van der Waals surface area contributed by atoms with Crippen LogP contribution in [0, 0.1) is 0 Å². The number of hydrogen-bond donors (Lipinski definition) is 2. The van der Waals surface area contributed by atoms with Gasteiger partial charge in [0, 0.05) is 5.02 Å². The summed E-state index contributed by atoms with van der Waals surface area (Å²) in [6.07, 6.45) is -0.720. The lowest BCUT2D eigenvalue weighted by molar-refractivity contribution is -0.132. The molecule has 2 aromatic carbocycles. The maximum absolute atomic E-state index is 12.0. The smallest absolute Gasteiger partial charge is 0.279 e. The molecule has 2 amide bonds. The van der Waals surface area contributed by atoms with Gasteiger partial charge >= 0.3 is 0 Å². The van der Waals surface area contributed by atoms with Crippen LogP contribution in [-0.2, 0) is 16.0 Å². The van der Waals surface area contributed by atoms with Crippen molar-refractivity contribution < 1.29 is 19.1 Å². The second kappa shape index (κ2) is 9.68. The molecule has 0 saturated carbocycles. The molecule has 7 heteroatoms. The highest BCUT2D eigenvalue weighted by atomic mass is 35.5. The van der Waals surface area contributed by atoms with Crippen LogP contribution in [0.3, 0.4) is 0 Å². The van der Waals surface area contributed by atoms with Gasteiger partial charge in [0.05, 0.1) is 13.0 Å². The van der Waals surface area contributed by atoms with E-state index in [1.165, 1.54) is 0 Å². The van der Waals surface area contributed by atoms with Crippen LogP contribution in [0.5, 0.6) is 11.5 Å². The van der Waals surface area contributed by atoms with Crippen molar-refractivity contribution in [3.63, 3.8) is 0 Å². The number of carbonyl (C=O) groups is 2. The summed E-state index contributed by atoms with van der Waals surface area (Å²) in [5.74, 6) is 0.411. The normalized spacial score (nSPS) is 11.3. The minimum atomic E-state index is -0.784. The van der Waals surface area contributed by atoms with Gasteiger partial charge in [-0.05, 0) is 49.7 Å². The van der Waals surface area contributed by atoms with E-state index in [1.54, 1.807) is 55.5 Å². The van der Waals surface area contributed by atoms with Gasteiger partial charge in [-0.25, -0.2) is 0 Å². The SMILES string of the molecule is CCOc1ccc(O[C@@H](C)C(=O)NNC(=O)Cc2ccccc2Cl)cc1. The van der Waals surface area contributed by atoms with Crippen molar-refractivity contribution in [3.8, 4) is 11.5 Å². The average molecular weight is 377 g/mol. The third kappa shape index (κ3) is 5.97. The van der Waals surface area contributed by atoms with Crippen molar-refractivity contribution in [1.29, 1.82) is 0 Å². The molecule has 0 aromatic heterocycles. The number of amides is 2. The molecule has 2 rings (SSSR count). The molecule has 0 aliphatic carbocycles. The number of halogens is 1. The second-order valence-corrected chi connectivity index (χ2v) is 5.88. The summed E-state index contributed by atoms with van der Waals surface area (Å²) in [6, 6.07) is 14.0. The molecule has 0 radical (unpaired) electrons. The topological polar surface area (TPSA) is 76.7 Å². The number of hydrogen-bond acceptors (Lipinski definition) is 4. The number of carbonyl (C=O) groups excluding carboxylic acids is 2. The summed E-state index contributed by atoms with van der Waals surface area (Å²) >= 11 is 6.01. The van der Waals surface area contributed by atoms with E-state index in [0.29, 0.717) is 22.9 Å². The fourth-order valence-corrected chi connectivity index (χ4v) is 2.33. The highest BCUT2D eigenvalue weighted by molar-refractivity contribution is 6.31. The van der Waals surface area contributed by atoms with E-state index in [0.717, 1.165) is 5.75 Å². The lowest BCUT2D eigenvalue weighted by Gasteiger charge is -2.15. The van der Waals surface area contributed by atoms with Crippen LogP contribution >= 0.6 is 11.6 Å². The molecular weight excluding hydrogens is 356 g/mol. The molecule has 2 N–H and O–H groups in total. The van der Waals surface area contributed by atoms with Gasteiger partial charge in [-0.15, -0.1) is 0 Å². The molecule has 0 aliphatic heterocycles. The number of ether oxygens (including phenoxy) is 2. The van der Waals surface area contributed by atoms with Crippen LogP contribution in [0.15, 0.2) is 48.5 Å². The summed E-state index contributed by atoms with van der Waals surface area (Å²) in [7, 11) is 0. The van der Waals surface area contributed by atoms with Crippen LogP contribution in [-0.4, -0.2) is 24.5 Å². The predicted octanol–water partition coefficient (Wildman–Crippen LogP) is 2.90. The van der Waals surface area contributed by atoms with Gasteiger partial charge in [-0.2, -0.15) is 0 Å². The lowest BCUT2D eigenvalue weighted by Crippen LogP contribution is -2.47. The molecule has 138 valence electrons. The molecule has 2 aromatic rings. The molecule has 6 nitrogen and oxygen atoms in total. The first-order valence-electron chi connectivity index (χ1n) is 8.21. The second-order valence-electron chi connectivity index (χ2n) is 5.47.